The second-order valence-electron chi connectivity index (χ2n) is 9.80. The molecule has 9 nitrogen and oxygen atoms in total. The molecular formula is C28H33BrN6O3. The van der Waals surface area contributed by atoms with Crippen molar-refractivity contribution in [3.05, 3.63) is 74.1 Å². The number of aliphatic hydroxyl groups is 2. The topological polar surface area (TPSA) is 121 Å². The second-order valence-corrected chi connectivity index (χ2v) is 10.7. The van der Waals surface area contributed by atoms with Crippen molar-refractivity contribution in [2.75, 3.05) is 56.1 Å². The van der Waals surface area contributed by atoms with Gasteiger partial charge in [0.1, 0.15) is 11.4 Å². The Morgan fingerprint density at radius 3 is 2.63 bits per heavy atom. The van der Waals surface area contributed by atoms with Crippen molar-refractivity contribution < 1.29 is 10.2 Å². The Bertz CT molecular complexity index is 1490. The van der Waals surface area contributed by atoms with Crippen LogP contribution in [0.15, 0.2) is 51.9 Å². The number of pyridine rings is 1. The van der Waals surface area contributed by atoms with Crippen molar-refractivity contribution in [1.82, 2.24) is 19.9 Å². The van der Waals surface area contributed by atoms with Gasteiger partial charge in [0.2, 0.25) is 0 Å². The van der Waals surface area contributed by atoms with Crippen molar-refractivity contribution in [3.8, 4) is 11.4 Å². The maximum Gasteiger partial charge on any atom is 0.261 e. The monoisotopic (exact) mass is 580 g/mol. The molecule has 1 atom stereocenters. The number of aryl methyl sites for hydroxylation is 2. The predicted molar refractivity (Wildman–Crippen MR) is 155 cm³/mol. The van der Waals surface area contributed by atoms with E-state index in [1.54, 1.807) is 12.3 Å². The molecule has 5 rings (SSSR count). The number of nitrogens with one attached hydrogen (secondary N) is 3. The van der Waals surface area contributed by atoms with E-state index in [1.807, 2.05) is 32.0 Å². The van der Waals surface area contributed by atoms with Crippen molar-refractivity contribution >= 4 is 38.3 Å². The zero-order valence-electron chi connectivity index (χ0n) is 21.6. The molecule has 4 aromatic rings. The largest absolute Gasteiger partial charge is 0.395 e. The number of hydrogen-bond donors (Lipinski definition) is 5. The molecule has 1 unspecified atom stereocenters. The molecule has 0 amide bonds. The van der Waals surface area contributed by atoms with Crippen LogP contribution in [-0.2, 0) is 0 Å². The molecule has 0 saturated carbocycles. The molecule has 38 heavy (non-hydrogen) atoms. The summed E-state index contributed by atoms with van der Waals surface area (Å²) in [6.07, 6.45) is 0.836. The molecule has 10 heteroatoms. The fourth-order valence-electron chi connectivity index (χ4n) is 4.95. The van der Waals surface area contributed by atoms with Gasteiger partial charge in [-0.05, 0) is 54.8 Å². The van der Waals surface area contributed by atoms with Gasteiger partial charge in [-0.25, -0.2) is 4.98 Å². The molecule has 2 aromatic carbocycles. The molecule has 1 aliphatic heterocycles. The van der Waals surface area contributed by atoms with Crippen LogP contribution in [0.25, 0.3) is 22.4 Å². The highest BCUT2D eigenvalue weighted by Crippen LogP contribution is 2.30. The van der Waals surface area contributed by atoms with E-state index in [-0.39, 0.29) is 18.7 Å². The summed E-state index contributed by atoms with van der Waals surface area (Å²) < 4.78 is 0.940. The summed E-state index contributed by atoms with van der Waals surface area (Å²) in [7, 11) is 0. The fourth-order valence-corrected chi connectivity index (χ4v) is 5.34. The van der Waals surface area contributed by atoms with E-state index < -0.39 is 6.10 Å². The van der Waals surface area contributed by atoms with Crippen LogP contribution in [-0.4, -0.2) is 75.9 Å². The van der Waals surface area contributed by atoms with Crippen molar-refractivity contribution in [2.24, 2.45) is 0 Å². The van der Waals surface area contributed by atoms with Crippen molar-refractivity contribution in [3.63, 3.8) is 0 Å². The predicted octanol–water partition coefficient (Wildman–Crippen LogP) is 3.56. The number of fused-ring (bicyclic) bond motifs is 1. The van der Waals surface area contributed by atoms with Crippen LogP contribution in [0.2, 0.25) is 0 Å². The third-order valence-corrected chi connectivity index (χ3v) is 8.03. The van der Waals surface area contributed by atoms with Gasteiger partial charge in [-0.1, -0.05) is 28.1 Å². The molecule has 1 aliphatic rings. The molecule has 200 valence electrons. The van der Waals surface area contributed by atoms with Crippen LogP contribution in [0.5, 0.6) is 0 Å². The van der Waals surface area contributed by atoms with E-state index >= 15 is 0 Å². The number of piperazine rings is 1. The summed E-state index contributed by atoms with van der Waals surface area (Å²) in [6.45, 7) is 8.74. The van der Waals surface area contributed by atoms with Gasteiger partial charge in [-0.3, -0.25) is 9.69 Å². The Morgan fingerprint density at radius 1 is 1.11 bits per heavy atom. The number of rotatable bonds is 8. The molecule has 3 heterocycles. The van der Waals surface area contributed by atoms with Gasteiger partial charge in [0.15, 0.2) is 0 Å². The van der Waals surface area contributed by atoms with Crippen LogP contribution in [0, 0.1) is 13.8 Å². The van der Waals surface area contributed by atoms with Gasteiger partial charge < -0.3 is 30.4 Å². The third kappa shape index (κ3) is 5.49. The van der Waals surface area contributed by atoms with Gasteiger partial charge in [-0.15, -0.1) is 0 Å². The minimum absolute atomic E-state index is 0.181. The summed E-state index contributed by atoms with van der Waals surface area (Å²) in [6, 6.07) is 11.8. The molecule has 1 saturated heterocycles. The standard InChI is InChI=1S/C28H33BrN6O3/c1-17-3-4-19(14-21(17)29)24(37)16-31-22-5-6-30-28(38)25(22)27-32-23-15-20(13-18(2)26(23)33-27)35-9-7-34(8-10-35)11-12-36/h3-6,13-15,24,36-37H,7-12,16H2,1-2H3,(H,32,33)(H2,30,31,38). The minimum atomic E-state index is -0.752. The summed E-state index contributed by atoms with van der Waals surface area (Å²) >= 11 is 3.52. The second kappa shape index (κ2) is 11.3. The molecular weight excluding hydrogens is 548 g/mol. The van der Waals surface area contributed by atoms with Gasteiger partial charge in [-0.2, -0.15) is 0 Å². The van der Waals surface area contributed by atoms with Gasteiger partial charge in [0, 0.05) is 55.6 Å². The first-order valence-corrected chi connectivity index (χ1v) is 13.6. The average Bonchev–Trinajstić information content (AvgIpc) is 3.34. The Morgan fingerprint density at radius 2 is 1.89 bits per heavy atom. The summed E-state index contributed by atoms with van der Waals surface area (Å²) in [5.74, 6) is 0.477. The number of hydrogen-bond acceptors (Lipinski definition) is 7. The van der Waals surface area contributed by atoms with Gasteiger partial charge in [0.05, 0.1) is 29.4 Å². The highest BCUT2D eigenvalue weighted by atomic mass is 79.9. The quantitative estimate of drug-likeness (QED) is 0.216. The molecule has 2 aromatic heterocycles. The Labute approximate surface area is 229 Å². The first-order valence-electron chi connectivity index (χ1n) is 12.8. The number of aromatic nitrogens is 3. The molecule has 5 N–H and O–H groups in total. The summed E-state index contributed by atoms with van der Waals surface area (Å²) in [5, 5.41) is 23.2. The van der Waals surface area contributed by atoms with E-state index in [9.17, 15) is 15.0 Å². The highest BCUT2D eigenvalue weighted by Gasteiger charge is 2.20. The molecule has 0 radical (unpaired) electrons. The molecule has 0 aliphatic carbocycles. The van der Waals surface area contributed by atoms with E-state index in [0.717, 1.165) is 64.1 Å². The van der Waals surface area contributed by atoms with Crippen molar-refractivity contribution in [1.29, 1.82) is 0 Å². The summed E-state index contributed by atoms with van der Waals surface area (Å²) in [5.41, 5.74) is 6.44. The first kappa shape index (κ1) is 26.4. The van der Waals surface area contributed by atoms with Crippen LogP contribution in [0.1, 0.15) is 22.8 Å². The average molecular weight is 582 g/mol. The zero-order valence-corrected chi connectivity index (χ0v) is 23.2. The fraction of sp³-hybridized carbons (Fsp3) is 0.357. The van der Waals surface area contributed by atoms with Crippen molar-refractivity contribution in [2.45, 2.75) is 20.0 Å². The Hall–Kier alpha value is -3.18. The number of benzene rings is 2. The maximum atomic E-state index is 12.9. The number of halogens is 1. The number of H-pyrrole nitrogens is 2. The van der Waals surface area contributed by atoms with Crippen LogP contribution in [0.3, 0.4) is 0 Å². The van der Waals surface area contributed by atoms with E-state index in [4.69, 9.17) is 4.98 Å². The Balaban J connectivity index is 1.40. The minimum Gasteiger partial charge on any atom is -0.395 e. The molecule has 0 bridgehead atoms. The number of aliphatic hydroxyl groups excluding tert-OH is 2. The van der Waals surface area contributed by atoms with E-state index in [1.165, 1.54) is 0 Å². The lowest BCUT2D eigenvalue weighted by molar-refractivity contribution is 0.189. The van der Waals surface area contributed by atoms with E-state index in [2.05, 4.69) is 53.1 Å². The lowest BCUT2D eigenvalue weighted by atomic mass is 10.1. The smallest absolute Gasteiger partial charge is 0.261 e. The number of imidazole rings is 1. The number of aromatic amines is 2. The molecule has 1 fully saturated rings. The third-order valence-electron chi connectivity index (χ3n) is 7.18. The Kier molecular flexibility index (Phi) is 7.85. The first-order chi connectivity index (χ1) is 18.3. The maximum absolute atomic E-state index is 12.9. The van der Waals surface area contributed by atoms with Crippen LogP contribution >= 0.6 is 15.9 Å². The summed E-state index contributed by atoms with van der Waals surface area (Å²) in [4.78, 5) is 28.5. The van der Waals surface area contributed by atoms with E-state index in [0.29, 0.717) is 23.6 Å². The SMILES string of the molecule is Cc1ccc(C(O)CNc2cc[nH]c(=O)c2-c2nc3c(C)cc(N4CCN(CCO)CC4)cc3[nH]2)cc1Br. The number of nitrogens with zero attached hydrogens (tertiary/aromatic N) is 3. The number of anilines is 2. The van der Waals surface area contributed by atoms with Gasteiger partial charge in [0.25, 0.3) is 5.56 Å². The molecule has 0 spiro atoms. The van der Waals surface area contributed by atoms with Crippen LogP contribution in [0.4, 0.5) is 11.4 Å². The highest BCUT2D eigenvalue weighted by molar-refractivity contribution is 9.10. The lowest BCUT2D eigenvalue weighted by Crippen LogP contribution is -2.47. The number of β-amino-alcohol motifs (C(OH)–C–C–N with tert-alkyl or cyclic N) is 1. The van der Waals surface area contributed by atoms with Gasteiger partial charge >= 0.3 is 0 Å². The normalized spacial score (nSPS) is 15.2. The zero-order chi connectivity index (χ0) is 26.8. The lowest BCUT2D eigenvalue weighted by Gasteiger charge is -2.35. The van der Waals surface area contributed by atoms with Crippen LogP contribution < -0.4 is 15.8 Å².